The standard InChI is InChI=1S/C20H16N6O6/c21-13-8-10(4-2-6-12-17(29)25-20(32)26-18(12)30)14(22)7-9(13)3-1-5-11-15(27)23-19(31)24-16(11)28/h1-8H,21-22H2,(H2,23,24,27,28,31)(H2,25,26,29,30,32)/b3-1+,4-2+. The van der Waals surface area contributed by atoms with Crippen molar-refractivity contribution >= 4 is 59.2 Å². The van der Waals surface area contributed by atoms with E-state index in [-0.39, 0.29) is 11.1 Å². The van der Waals surface area contributed by atoms with Crippen LogP contribution in [0.3, 0.4) is 0 Å². The molecule has 32 heavy (non-hydrogen) atoms. The lowest BCUT2D eigenvalue weighted by molar-refractivity contribution is -0.125. The predicted octanol–water partition coefficient (Wildman–Crippen LogP) is -0.538. The molecule has 8 amide bonds. The summed E-state index contributed by atoms with van der Waals surface area (Å²) in [7, 11) is 0. The zero-order chi connectivity index (χ0) is 23.4. The van der Waals surface area contributed by atoms with Crippen LogP contribution < -0.4 is 32.7 Å². The van der Waals surface area contributed by atoms with Crippen LogP contribution in [0, 0.1) is 0 Å². The topological polar surface area (TPSA) is 203 Å². The van der Waals surface area contributed by atoms with Crippen LogP contribution in [0.2, 0.25) is 0 Å². The minimum atomic E-state index is -0.893. The van der Waals surface area contributed by atoms with Crippen LogP contribution in [-0.2, 0) is 19.2 Å². The Morgan fingerprint density at radius 3 is 1.19 bits per heavy atom. The minimum absolute atomic E-state index is 0.252. The summed E-state index contributed by atoms with van der Waals surface area (Å²) in [5, 5.41) is 7.81. The number of urea groups is 2. The number of nitrogens with two attached hydrogens (primary N) is 2. The molecule has 2 fully saturated rings. The second-order valence-corrected chi connectivity index (χ2v) is 6.46. The lowest BCUT2D eigenvalue weighted by Crippen LogP contribution is -2.51. The number of carbonyl (C=O) groups is 6. The highest BCUT2D eigenvalue weighted by Crippen LogP contribution is 2.24. The van der Waals surface area contributed by atoms with Crippen LogP contribution in [0.15, 0.2) is 47.6 Å². The molecule has 0 radical (unpaired) electrons. The zero-order valence-electron chi connectivity index (χ0n) is 16.2. The summed E-state index contributed by atoms with van der Waals surface area (Å²) in [4.78, 5) is 68.8. The van der Waals surface area contributed by atoms with E-state index in [0.717, 1.165) is 0 Å². The number of nitrogens with one attached hydrogen (secondary N) is 4. The predicted molar refractivity (Wildman–Crippen MR) is 113 cm³/mol. The number of nitrogen functional groups attached to an aromatic ring is 2. The number of rotatable bonds is 4. The summed E-state index contributed by atoms with van der Waals surface area (Å²) in [6.45, 7) is 0. The molecule has 12 heteroatoms. The molecule has 3 rings (SSSR count). The Morgan fingerprint density at radius 1 is 0.562 bits per heavy atom. The van der Waals surface area contributed by atoms with E-state index in [2.05, 4.69) is 0 Å². The average molecular weight is 436 g/mol. The van der Waals surface area contributed by atoms with Gasteiger partial charge in [0, 0.05) is 11.4 Å². The molecule has 0 saturated carbocycles. The first-order valence-electron chi connectivity index (χ1n) is 8.94. The van der Waals surface area contributed by atoms with Crippen molar-refractivity contribution in [1.82, 2.24) is 21.3 Å². The molecule has 2 saturated heterocycles. The largest absolute Gasteiger partial charge is 0.398 e. The van der Waals surface area contributed by atoms with E-state index < -0.39 is 35.7 Å². The van der Waals surface area contributed by atoms with Crippen molar-refractivity contribution in [3.8, 4) is 0 Å². The molecule has 162 valence electrons. The van der Waals surface area contributed by atoms with Gasteiger partial charge in [-0.1, -0.05) is 24.3 Å². The van der Waals surface area contributed by atoms with E-state index in [9.17, 15) is 28.8 Å². The van der Waals surface area contributed by atoms with E-state index >= 15 is 0 Å². The van der Waals surface area contributed by atoms with Gasteiger partial charge >= 0.3 is 12.1 Å². The number of carbonyl (C=O) groups excluding carboxylic acids is 6. The molecule has 2 aliphatic rings. The highest BCUT2D eigenvalue weighted by atomic mass is 16.2. The first-order chi connectivity index (χ1) is 15.2. The molecule has 0 spiro atoms. The van der Waals surface area contributed by atoms with Gasteiger partial charge in [-0.3, -0.25) is 40.4 Å². The Hall–Kier alpha value is -5.00. The van der Waals surface area contributed by atoms with Gasteiger partial charge < -0.3 is 11.5 Å². The van der Waals surface area contributed by atoms with E-state index in [4.69, 9.17) is 11.5 Å². The third-order valence-corrected chi connectivity index (χ3v) is 4.25. The fraction of sp³-hybridized carbons (Fsp3) is 0. The quantitative estimate of drug-likeness (QED) is 0.205. The van der Waals surface area contributed by atoms with Gasteiger partial charge in [0.25, 0.3) is 23.6 Å². The Morgan fingerprint density at radius 2 is 0.875 bits per heavy atom. The molecule has 12 nitrogen and oxygen atoms in total. The molecule has 0 aliphatic carbocycles. The second kappa shape index (κ2) is 8.79. The summed E-state index contributed by atoms with van der Waals surface area (Å²) in [5.41, 5.74) is 13.1. The summed E-state index contributed by atoms with van der Waals surface area (Å²) in [6, 6.07) is 1.30. The number of anilines is 2. The first kappa shape index (κ1) is 21.7. The molecule has 2 aliphatic heterocycles. The number of hydrogen-bond donors (Lipinski definition) is 6. The van der Waals surface area contributed by atoms with E-state index in [0.29, 0.717) is 22.5 Å². The number of allylic oxidation sites excluding steroid dienone is 4. The minimum Gasteiger partial charge on any atom is -0.398 e. The Balaban J connectivity index is 1.77. The molecule has 0 bridgehead atoms. The van der Waals surface area contributed by atoms with Gasteiger partial charge in [0.2, 0.25) is 0 Å². The highest BCUT2D eigenvalue weighted by Gasteiger charge is 2.27. The summed E-state index contributed by atoms with van der Waals surface area (Å²) in [5.74, 6) is -3.30. The van der Waals surface area contributed by atoms with E-state index in [1.54, 1.807) is 12.1 Å². The molecule has 0 atom stereocenters. The van der Waals surface area contributed by atoms with Crippen LogP contribution >= 0.6 is 0 Å². The second-order valence-electron chi connectivity index (χ2n) is 6.46. The highest BCUT2D eigenvalue weighted by molar-refractivity contribution is 6.29. The van der Waals surface area contributed by atoms with Gasteiger partial charge in [0.1, 0.15) is 11.1 Å². The van der Waals surface area contributed by atoms with Gasteiger partial charge in [-0.05, 0) is 35.4 Å². The monoisotopic (exact) mass is 436 g/mol. The van der Waals surface area contributed by atoms with Crippen LogP contribution in [0.4, 0.5) is 21.0 Å². The van der Waals surface area contributed by atoms with Gasteiger partial charge in [0.15, 0.2) is 0 Å². The molecule has 2 heterocycles. The third-order valence-electron chi connectivity index (χ3n) is 4.25. The number of barbiturate groups is 2. The fourth-order valence-electron chi connectivity index (χ4n) is 2.71. The normalized spacial score (nSPS) is 16.8. The van der Waals surface area contributed by atoms with Crippen LogP contribution in [0.1, 0.15) is 11.1 Å². The van der Waals surface area contributed by atoms with Gasteiger partial charge in [0.05, 0.1) is 0 Å². The maximum atomic E-state index is 11.7. The van der Waals surface area contributed by atoms with E-state index in [1.807, 2.05) is 21.3 Å². The Kier molecular flexibility index (Phi) is 5.96. The summed E-state index contributed by atoms with van der Waals surface area (Å²) in [6.07, 6.45) is 8.26. The number of amides is 8. The Labute approximate surface area is 180 Å². The molecule has 0 aromatic heterocycles. The summed E-state index contributed by atoms with van der Waals surface area (Å²) >= 11 is 0. The first-order valence-corrected chi connectivity index (χ1v) is 8.94. The van der Waals surface area contributed by atoms with Crippen molar-refractivity contribution in [3.63, 3.8) is 0 Å². The molecule has 8 N–H and O–H groups in total. The number of benzene rings is 1. The van der Waals surface area contributed by atoms with Crippen LogP contribution in [0.5, 0.6) is 0 Å². The van der Waals surface area contributed by atoms with Crippen LogP contribution in [0.25, 0.3) is 12.2 Å². The Bertz CT molecular complexity index is 1070. The lowest BCUT2D eigenvalue weighted by Gasteiger charge is -2.13. The average Bonchev–Trinajstić information content (AvgIpc) is 2.68. The zero-order valence-corrected chi connectivity index (χ0v) is 16.2. The molecule has 0 unspecified atom stereocenters. The van der Waals surface area contributed by atoms with Crippen molar-refractivity contribution in [2.75, 3.05) is 11.5 Å². The van der Waals surface area contributed by atoms with Crippen LogP contribution in [-0.4, -0.2) is 35.7 Å². The van der Waals surface area contributed by atoms with Crippen molar-refractivity contribution < 1.29 is 28.8 Å². The van der Waals surface area contributed by atoms with Gasteiger partial charge in [-0.2, -0.15) is 0 Å². The van der Waals surface area contributed by atoms with Crippen molar-refractivity contribution in [1.29, 1.82) is 0 Å². The molecule has 1 aromatic carbocycles. The third kappa shape index (κ3) is 4.76. The van der Waals surface area contributed by atoms with Crippen molar-refractivity contribution in [2.24, 2.45) is 0 Å². The molecular weight excluding hydrogens is 420 g/mol. The van der Waals surface area contributed by atoms with Gasteiger partial charge in [-0.15, -0.1) is 0 Å². The SMILES string of the molecule is Nc1cc(/C=C/C=C2C(=O)NC(=O)NC2=O)c(N)cc1/C=C/C=C1C(=O)NC(=O)NC1=O. The molecule has 1 aromatic rings. The fourth-order valence-corrected chi connectivity index (χ4v) is 2.71. The lowest BCUT2D eigenvalue weighted by atomic mass is 10.0. The van der Waals surface area contributed by atoms with Gasteiger partial charge in [-0.25, -0.2) is 9.59 Å². The summed E-state index contributed by atoms with van der Waals surface area (Å²) < 4.78 is 0. The number of hydrogen-bond acceptors (Lipinski definition) is 8. The van der Waals surface area contributed by atoms with E-state index in [1.165, 1.54) is 36.5 Å². The molecular formula is C20H16N6O6. The smallest absolute Gasteiger partial charge is 0.328 e. The maximum Gasteiger partial charge on any atom is 0.328 e. The number of imide groups is 4. The van der Waals surface area contributed by atoms with Crippen molar-refractivity contribution in [3.05, 3.63) is 58.7 Å². The van der Waals surface area contributed by atoms with Crippen molar-refractivity contribution in [2.45, 2.75) is 0 Å². The maximum absolute atomic E-state index is 11.7.